The summed E-state index contributed by atoms with van der Waals surface area (Å²) in [7, 11) is 0. The van der Waals surface area contributed by atoms with Crippen molar-refractivity contribution in [3.8, 4) is 17.2 Å². The second-order valence-corrected chi connectivity index (χ2v) is 6.84. The van der Waals surface area contributed by atoms with Crippen molar-refractivity contribution in [2.24, 2.45) is 4.99 Å². The van der Waals surface area contributed by atoms with Crippen LogP contribution in [0.1, 0.15) is 24.5 Å². The number of aromatic hydroxyl groups is 2. The second-order valence-electron chi connectivity index (χ2n) is 6.84. The summed E-state index contributed by atoms with van der Waals surface area (Å²) in [6, 6.07) is 19.9. The molecule has 0 fully saturated rings. The molecule has 0 saturated carbocycles. The molecule has 1 aliphatic rings. The lowest BCUT2D eigenvalue weighted by Gasteiger charge is -2.36. The van der Waals surface area contributed by atoms with Gasteiger partial charge in [0.15, 0.2) is 0 Å². The van der Waals surface area contributed by atoms with Gasteiger partial charge < -0.3 is 25.2 Å². The highest BCUT2D eigenvalue weighted by Gasteiger charge is 2.46. The zero-order chi connectivity index (χ0) is 21.7. The van der Waals surface area contributed by atoms with Crippen molar-refractivity contribution in [3.63, 3.8) is 0 Å². The van der Waals surface area contributed by atoms with Gasteiger partial charge in [-0.05, 0) is 49.7 Å². The number of aliphatic hydroxyl groups is 2. The van der Waals surface area contributed by atoms with Gasteiger partial charge in [-0.15, -0.1) is 0 Å². The van der Waals surface area contributed by atoms with Crippen LogP contribution in [-0.4, -0.2) is 32.4 Å². The summed E-state index contributed by atoms with van der Waals surface area (Å²) in [5.74, 6) is 0.526. The summed E-state index contributed by atoms with van der Waals surface area (Å²) in [4.78, 5) is 4.32. The van der Waals surface area contributed by atoms with Crippen LogP contribution < -0.4 is 4.74 Å². The molecule has 4 N–H and O–H groups in total. The summed E-state index contributed by atoms with van der Waals surface area (Å²) in [6.45, 7) is 5.20. The van der Waals surface area contributed by atoms with Gasteiger partial charge in [0.05, 0.1) is 6.10 Å². The Morgan fingerprint density at radius 2 is 1.33 bits per heavy atom. The molecule has 0 bridgehead atoms. The second kappa shape index (κ2) is 8.88. The predicted molar refractivity (Wildman–Crippen MR) is 115 cm³/mol. The van der Waals surface area contributed by atoms with Gasteiger partial charge in [0.1, 0.15) is 22.9 Å². The lowest BCUT2D eigenvalue weighted by molar-refractivity contribution is 0.156. The fourth-order valence-electron chi connectivity index (χ4n) is 2.97. The van der Waals surface area contributed by atoms with Crippen molar-refractivity contribution < 1.29 is 25.2 Å². The number of hydrogen-bond acceptors (Lipinski definition) is 5. The first-order valence-electron chi connectivity index (χ1n) is 9.53. The van der Waals surface area contributed by atoms with Crippen LogP contribution in [0.4, 0.5) is 5.69 Å². The Morgan fingerprint density at radius 3 is 1.80 bits per heavy atom. The topological polar surface area (TPSA) is 103 Å². The largest absolute Gasteiger partial charge is 0.508 e. The summed E-state index contributed by atoms with van der Waals surface area (Å²) in [5.41, 5.74) is 0.377. The maximum absolute atomic E-state index is 10.8. The van der Waals surface area contributed by atoms with E-state index in [0.29, 0.717) is 22.6 Å². The SMILES string of the molecule is OC1=Nc2ccccc2OC1(c1ccc(O)cc1)c1ccc(O)cc1.[CH2]C(O)CC. The number of nitrogens with zero attached hydrogens (tertiary/aromatic N) is 1. The molecular weight excluding hydrogens is 382 g/mol. The van der Waals surface area contributed by atoms with Gasteiger partial charge >= 0.3 is 0 Å². The van der Waals surface area contributed by atoms with Crippen LogP contribution in [0.25, 0.3) is 0 Å². The van der Waals surface area contributed by atoms with Crippen LogP contribution in [0.2, 0.25) is 0 Å². The number of aliphatic hydroxyl groups excluding tert-OH is 2. The molecule has 0 aliphatic carbocycles. The van der Waals surface area contributed by atoms with E-state index < -0.39 is 5.60 Å². The molecule has 0 amide bonds. The first kappa shape index (κ1) is 21.2. The van der Waals surface area contributed by atoms with E-state index >= 15 is 0 Å². The number of phenolic OH excluding ortho intramolecular Hbond substituents is 2. The standard InChI is InChI=1S/C20H15NO4.C4H9O/c22-15-9-5-13(6-10-15)20(14-7-11-16(23)12-8-14)19(24)21-17-3-1-2-4-18(17)25-20;1-3-4(2)5/h1-12,22-23H,(H,21,24);4-5H,2-3H2,1H3. The Balaban J connectivity index is 0.000000461. The smallest absolute Gasteiger partial charge is 0.241 e. The lowest BCUT2D eigenvalue weighted by atomic mass is 9.84. The molecular formula is C24H24NO5. The van der Waals surface area contributed by atoms with Crippen molar-refractivity contribution in [1.29, 1.82) is 0 Å². The fraction of sp³-hybridized carbons (Fsp3) is 0.167. The minimum Gasteiger partial charge on any atom is -0.508 e. The van der Waals surface area contributed by atoms with E-state index in [1.807, 2.05) is 19.1 Å². The first-order valence-corrected chi connectivity index (χ1v) is 9.53. The summed E-state index contributed by atoms with van der Waals surface area (Å²) in [6.07, 6.45) is 0.384. The molecule has 6 heteroatoms. The molecule has 1 radical (unpaired) electrons. The van der Waals surface area contributed by atoms with Crippen molar-refractivity contribution >= 4 is 11.6 Å². The highest BCUT2D eigenvalue weighted by atomic mass is 16.5. The number of hydrogen-bond donors (Lipinski definition) is 4. The van der Waals surface area contributed by atoms with Gasteiger partial charge in [0.25, 0.3) is 0 Å². The van der Waals surface area contributed by atoms with Gasteiger partial charge in [-0.25, -0.2) is 4.99 Å². The molecule has 1 heterocycles. The third-order valence-corrected chi connectivity index (χ3v) is 4.69. The summed E-state index contributed by atoms with van der Waals surface area (Å²) < 4.78 is 6.24. The highest BCUT2D eigenvalue weighted by Crippen LogP contribution is 2.44. The number of benzene rings is 3. The van der Waals surface area contributed by atoms with Crippen LogP contribution in [0.15, 0.2) is 77.8 Å². The summed E-state index contributed by atoms with van der Waals surface area (Å²) >= 11 is 0. The molecule has 3 aromatic rings. The molecule has 6 nitrogen and oxygen atoms in total. The van der Waals surface area contributed by atoms with E-state index in [9.17, 15) is 15.3 Å². The molecule has 0 saturated heterocycles. The number of fused-ring (bicyclic) bond motifs is 1. The fourth-order valence-corrected chi connectivity index (χ4v) is 2.97. The average Bonchev–Trinajstić information content (AvgIpc) is 2.75. The monoisotopic (exact) mass is 406 g/mol. The molecule has 155 valence electrons. The Hall–Kier alpha value is -3.51. The van der Waals surface area contributed by atoms with Crippen LogP contribution in [0, 0.1) is 6.92 Å². The Morgan fingerprint density at radius 1 is 0.867 bits per heavy atom. The van der Waals surface area contributed by atoms with Gasteiger partial charge in [-0.2, -0.15) is 0 Å². The number of aliphatic imine (C=N–C) groups is 1. The van der Waals surface area contributed by atoms with Crippen molar-refractivity contribution in [2.45, 2.75) is 25.0 Å². The third-order valence-electron chi connectivity index (χ3n) is 4.69. The van der Waals surface area contributed by atoms with Crippen LogP contribution in [0.5, 0.6) is 17.2 Å². The Kier molecular flexibility index (Phi) is 6.28. The molecule has 4 rings (SSSR count). The average molecular weight is 406 g/mol. The third kappa shape index (κ3) is 4.23. The van der Waals surface area contributed by atoms with Crippen molar-refractivity contribution in [3.05, 3.63) is 90.8 Å². The van der Waals surface area contributed by atoms with Crippen molar-refractivity contribution in [1.82, 2.24) is 0 Å². The molecule has 1 aliphatic heterocycles. The molecule has 1 unspecified atom stereocenters. The Labute approximate surface area is 175 Å². The zero-order valence-corrected chi connectivity index (χ0v) is 16.6. The van der Waals surface area contributed by atoms with Gasteiger partial charge in [-0.3, -0.25) is 0 Å². The van der Waals surface area contributed by atoms with Gasteiger partial charge in [-0.1, -0.05) is 43.3 Å². The van der Waals surface area contributed by atoms with Crippen molar-refractivity contribution in [2.75, 3.05) is 0 Å². The summed E-state index contributed by atoms with van der Waals surface area (Å²) in [5, 5.41) is 38.3. The van der Waals surface area contributed by atoms with Crippen LogP contribution in [0.3, 0.4) is 0 Å². The number of ether oxygens (including phenoxy) is 1. The minimum atomic E-state index is -1.37. The molecule has 30 heavy (non-hydrogen) atoms. The maximum Gasteiger partial charge on any atom is 0.241 e. The number of para-hydroxylation sites is 2. The Bertz CT molecular complexity index is 965. The van der Waals surface area contributed by atoms with Crippen LogP contribution >= 0.6 is 0 Å². The van der Waals surface area contributed by atoms with E-state index in [2.05, 4.69) is 11.9 Å². The van der Waals surface area contributed by atoms with E-state index in [4.69, 9.17) is 9.84 Å². The lowest BCUT2D eigenvalue weighted by Crippen LogP contribution is -2.44. The number of phenols is 2. The molecule has 0 aromatic heterocycles. The van der Waals surface area contributed by atoms with E-state index in [-0.39, 0.29) is 23.5 Å². The van der Waals surface area contributed by atoms with E-state index in [0.717, 1.165) is 6.42 Å². The van der Waals surface area contributed by atoms with Gasteiger partial charge in [0.2, 0.25) is 11.5 Å². The normalized spacial score (nSPS) is 15.0. The van der Waals surface area contributed by atoms with E-state index in [1.165, 1.54) is 24.3 Å². The molecule has 0 spiro atoms. The predicted octanol–water partition coefficient (Wildman–Crippen LogP) is 4.61. The van der Waals surface area contributed by atoms with Crippen LogP contribution in [-0.2, 0) is 5.60 Å². The zero-order valence-electron chi connectivity index (χ0n) is 16.6. The minimum absolute atomic E-state index is 0.109. The van der Waals surface area contributed by atoms with Gasteiger partial charge in [0, 0.05) is 11.1 Å². The molecule has 1 atom stereocenters. The van der Waals surface area contributed by atoms with E-state index in [1.54, 1.807) is 36.4 Å². The quantitative estimate of drug-likeness (QED) is 0.509. The molecule has 3 aromatic carbocycles. The maximum atomic E-state index is 10.8. The first-order chi connectivity index (χ1) is 14.4. The highest BCUT2D eigenvalue weighted by molar-refractivity contribution is 5.93. The number of rotatable bonds is 3.